The van der Waals surface area contributed by atoms with Gasteiger partial charge >= 0.3 is 4.83 Å². The number of ether oxygens (including phenoxy) is 1. The fraction of sp³-hybridized carbons (Fsp3) is 0.250. The lowest BCUT2D eigenvalue weighted by atomic mass is 10.2. The summed E-state index contributed by atoms with van der Waals surface area (Å²) < 4.78 is 30.2. The van der Waals surface area contributed by atoms with Gasteiger partial charge in [0, 0.05) is 0 Å². The number of halogens is 3. The van der Waals surface area contributed by atoms with Crippen LogP contribution in [0.25, 0.3) is 0 Å². The summed E-state index contributed by atoms with van der Waals surface area (Å²) in [6, 6.07) is 5.98. The van der Waals surface area contributed by atoms with E-state index in [0.717, 1.165) is 0 Å². The van der Waals surface area contributed by atoms with E-state index in [1.165, 1.54) is 25.3 Å². The minimum absolute atomic E-state index is 0.160. The van der Waals surface area contributed by atoms with Crippen LogP contribution in [0.5, 0.6) is 5.75 Å². The van der Waals surface area contributed by atoms with Crippen molar-refractivity contribution >= 4 is 15.9 Å². The van der Waals surface area contributed by atoms with E-state index in [-0.39, 0.29) is 11.3 Å². The van der Waals surface area contributed by atoms with Crippen LogP contribution in [0.15, 0.2) is 24.3 Å². The number of para-hydroxylation sites is 1. The first-order valence-electron chi connectivity index (χ1n) is 3.26. The molecule has 1 nitrogen and oxygen atoms in total. The number of hydrogen-bond acceptors (Lipinski definition) is 1. The van der Waals surface area contributed by atoms with E-state index < -0.39 is 4.83 Å². The first-order valence-corrected chi connectivity index (χ1v) is 4.05. The molecule has 0 saturated heterocycles. The molecule has 0 N–H and O–H groups in total. The molecule has 0 radical (unpaired) electrons. The lowest BCUT2D eigenvalue weighted by Crippen LogP contribution is -2.04. The van der Waals surface area contributed by atoms with Gasteiger partial charge in [-0.1, -0.05) is 12.1 Å². The molecule has 1 aromatic rings. The zero-order valence-corrected chi connectivity index (χ0v) is 7.94. The van der Waals surface area contributed by atoms with Crippen molar-refractivity contribution < 1.29 is 13.5 Å². The molecule has 0 heterocycles. The quantitative estimate of drug-likeness (QED) is 0.718. The van der Waals surface area contributed by atoms with Crippen LogP contribution >= 0.6 is 15.9 Å². The Morgan fingerprint density at radius 2 is 1.92 bits per heavy atom. The lowest BCUT2D eigenvalue weighted by Gasteiger charge is -2.12. The summed E-state index contributed by atoms with van der Waals surface area (Å²) in [6.07, 6.45) is 0. The third kappa shape index (κ3) is 1.94. The lowest BCUT2D eigenvalue weighted by molar-refractivity contribution is 0.111. The molecule has 0 aliphatic rings. The van der Waals surface area contributed by atoms with Gasteiger partial charge in [-0.2, -0.15) is 8.78 Å². The van der Waals surface area contributed by atoms with Gasteiger partial charge in [-0.3, -0.25) is 0 Å². The fourth-order valence-electron chi connectivity index (χ4n) is 0.879. The van der Waals surface area contributed by atoms with Crippen LogP contribution in [-0.2, 0) is 4.83 Å². The van der Waals surface area contributed by atoms with Crippen molar-refractivity contribution in [2.45, 2.75) is 4.83 Å². The van der Waals surface area contributed by atoms with Gasteiger partial charge in [0.1, 0.15) is 5.75 Å². The molecule has 1 rings (SSSR count). The van der Waals surface area contributed by atoms with Gasteiger partial charge in [0.05, 0.1) is 12.7 Å². The summed E-state index contributed by atoms with van der Waals surface area (Å²) >= 11 is 2.26. The average molecular weight is 237 g/mol. The average Bonchev–Trinajstić information content (AvgIpc) is 2.03. The van der Waals surface area contributed by atoms with Crippen LogP contribution in [-0.4, -0.2) is 7.11 Å². The normalized spacial score (nSPS) is 11.3. The number of methoxy groups -OCH3 is 1. The molecule has 66 valence electrons. The minimum atomic E-state index is -3.03. The topological polar surface area (TPSA) is 9.23 Å². The van der Waals surface area contributed by atoms with Gasteiger partial charge < -0.3 is 4.74 Å². The number of benzene rings is 1. The molecule has 0 fully saturated rings. The molecule has 4 heteroatoms. The molecular weight excluding hydrogens is 230 g/mol. The summed E-state index contributed by atoms with van der Waals surface area (Å²) in [5.41, 5.74) is -0.160. The Kier molecular flexibility index (Phi) is 2.67. The molecule has 0 aliphatic carbocycles. The Labute approximate surface area is 77.5 Å². The highest BCUT2D eigenvalue weighted by Crippen LogP contribution is 2.39. The zero-order chi connectivity index (χ0) is 9.19. The third-order valence-electron chi connectivity index (χ3n) is 1.41. The molecule has 0 atom stereocenters. The van der Waals surface area contributed by atoms with Crippen LogP contribution in [0.2, 0.25) is 0 Å². The summed E-state index contributed by atoms with van der Waals surface area (Å²) in [7, 11) is 1.36. The van der Waals surface area contributed by atoms with Gasteiger partial charge in [0.25, 0.3) is 0 Å². The largest absolute Gasteiger partial charge is 0.496 e. The molecule has 0 spiro atoms. The Bertz CT molecular complexity index is 270. The van der Waals surface area contributed by atoms with Crippen LogP contribution in [0.1, 0.15) is 5.56 Å². The second-order valence-electron chi connectivity index (χ2n) is 2.20. The molecule has 0 aliphatic heterocycles. The van der Waals surface area contributed by atoms with E-state index in [2.05, 4.69) is 15.9 Å². The van der Waals surface area contributed by atoms with Gasteiger partial charge in [-0.25, -0.2) is 0 Å². The van der Waals surface area contributed by atoms with Crippen molar-refractivity contribution in [2.75, 3.05) is 7.11 Å². The van der Waals surface area contributed by atoms with E-state index in [0.29, 0.717) is 0 Å². The summed E-state index contributed by atoms with van der Waals surface area (Å²) in [4.78, 5) is -3.03. The molecule has 0 unspecified atom stereocenters. The SMILES string of the molecule is COc1ccccc1C(F)(F)Br. The summed E-state index contributed by atoms with van der Waals surface area (Å²) in [5, 5.41) is 0. The van der Waals surface area contributed by atoms with E-state index in [1.807, 2.05) is 0 Å². The summed E-state index contributed by atoms with van der Waals surface area (Å²) in [6.45, 7) is 0. The molecule has 12 heavy (non-hydrogen) atoms. The van der Waals surface area contributed by atoms with Gasteiger partial charge in [0.15, 0.2) is 0 Å². The highest BCUT2D eigenvalue weighted by Gasteiger charge is 2.30. The fourth-order valence-corrected chi connectivity index (χ4v) is 1.21. The Balaban J connectivity index is 3.14. The van der Waals surface area contributed by atoms with Gasteiger partial charge in [0.2, 0.25) is 0 Å². The zero-order valence-electron chi connectivity index (χ0n) is 6.35. The molecule has 0 amide bonds. The molecule has 0 bridgehead atoms. The first kappa shape index (κ1) is 9.45. The third-order valence-corrected chi connectivity index (χ3v) is 1.84. The number of rotatable bonds is 2. The summed E-state index contributed by atoms with van der Waals surface area (Å²) in [5.74, 6) is 0.180. The maximum absolute atomic E-state index is 12.7. The molecule has 1 aromatic carbocycles. The second kappa shape index (κ2) is 3.39. The van der Waals surface area contributed by atoms with Crippen LogP contribution < -0.4 is 4.74 Å². The smallest absolute Gasteiger partial charge is 0.330 e. The highest BCUT2D eigenvalue weighted by atomic mass is 79.9. The van der Waals surface area contributed by atoms with E-state index in [4.69, 9.17) is 4.74 Å². The van der Waals surface area contributed by atoms with Crippen molar-refractivity contribution in [2.24, 2.45) is 0 Å². The van der Waals surface area contributed by atoms with Crippen LogP contribution in [0.4, 0.5) is 8.78 Å². The maximum atomic E-state index is 12.7. The predicted octanol–water partition coefficient (Wildman–Crippen LogP) is 3.14. The van der Waals surface area contributed by atoms with Crippen LogP contribution in [0, 0.1) is 0 Å². The monoisotopic (exact) mass is 236 g/mol. The van der Waals surface area contributed by atoms with Crippen molar-refractivity contribution in [1.82, 2.24) is 0 Å². The predicted molar refractivity (Wildman–Crippen MR) is 45.8 cm³/mol. The first-order chi connectivity index (χ1) is 5.55. The highest BCUT2D eigenvalue weighted by molar-refractivity contribution is 9.09. The molecular formula is C8H7BrF2O. The van der Waals surface area contributed by atoms with Gasteiger partial charge in [-0.15, -0.1) is 0 Å². The maximum Gasteiger partial charge on any atom is 0.330 e. The van der Waals surface area contributed by atoms with Crippen LogP contribution in [0.3, 0.4) is 0 Å². The van der Waals surface area contributed by atoms with Gasteiger partial charge in [-0.05, 0) is 28.1 Å². The number of hydrogen-bond donors (Lipinski definition) is 0. The van der Waals surface area contributed by atoms with Crippen molar-refractivity contribution in [3.8, 4) is 5.75 Å². The van der Waals surface area contributed by atoms with Crippen molar-refractivity contribution in [3.63, 3.8) is 0 Å². The molecule has 0 saturated carbocycles. The number of alkyl halides is 3. The standard InChI is InChI=1S/C8H7BrF2O/c1-12-7-5-3-2-4-6(7)8(9,10)11/h2-5H,1H3. The minimum Gasteiger partial charge on any atom is -0.496 e. The van der Waals surface area contributed by atoms with E-state index in [9.17, 15) is 8.78 Å². The van der Waals surface area contributed by atoms with Crippen molar-refractivity contribution in [1.29, 1.82) is 0 Å². The van der Waals surface area contributed by atoms with E-state index >= 15 is 0 Å². The van der Waals surface area contributed by atoms with E-state index in [1.54, 1.807) is 6.07 Å². The van der Waals surface area contributed by atoms with Crippen molar-refractivity contribution in [3.05, 3.63) is 29.8 Å². The Morgan fingerprint density at radius 3 is 2.33 bits per heavy atom. The Hall–Kier alpha value is -0.640. The second-order valence-corrected chi connectivity index (χ2v) is 3.19. The Morgan fingerprint density at radius 1 is 1.33 bits per heavy atom. The molecule has 0 aromatic heterocycles.